The Morgan fingerprint density at radius 3 is 2.14 bits per heavy atom. The number of nitrogens with one attached hydrogen (secondary N) is 1. The standard InChI is InChI=1S/C9H20N2O2S/c1-9(2,3)8-14(12,13)11-6-4-10-5-7-11/h10H,4-8H2,1-3H3. The van der Waals surface area contributed by atoms with Crippen LogP contribution in [0.25, 0.3) is 0 Å². The summed E-state index contributed by atoms with van der Waals surface area (Å²) in [6.07, 6.45) is 0. The Morgan fingerprint density at radius 1 is 1.21 bits per heavy atom. The van der Waals surface area contributed by atoms with E-state index in [1.807, 2.05) is 20.8 Å². The molecule has 1 rings (SSSR count). The van der Waals surface area contributed by atoms with E-state index in [0.29, 0.717) is 13.1 Å². The molecule has 0 bridgehead atoms. The van der Waals surface area contributed by atoms with Gasteiger partial charge in [-0.3, -0.25) is 0 Å². The van der Waals surface area contributed by atoms with Crippen LogP contribution in [-0.2, 0) is 10.0 Å². The third-order valence-corrected chi connectivity index (χ3v) is 4.47. The maximum absolute atomic E-state index is 11.9. The van der Waals surface area contributed by atoms with Crippen LogP contribution in [0.5, 0.6) is 0 Å². The van der Waals surface area contributed by atoms with Crippen LogP contribution in [-0.4, -0.2) is 44.7 Å². The molecule has 1 N–H and O–H groups in total. The summed E-state index contributed by atoms with van der Waals surface area (Å²) in [4.78, 5) is 0. The van der Waals surface area contributed by atoms with Gasteiger partial charge < -0.3 is 5.32 Å². The molecule has 1 heterocycles. The van der Waals surface area contributed by atoms with Gasteiger partial charge >= 0.3 is 0 Å². The lowest BCUT2D eigenvalue weighted by Gasteiger charge is -2.29. The van der Waals surface area contributed by atoms with E-state index in [-0.39, 0.29) is 11.2 Å². The van der Waals surface area contributed by atoms with Crippen molar-refractivity contribution in [2.24, 2.45) is 5.41 Å². The minimum absolute atomic E-state index is 0.163. The highest BCUT2D eigenvalue weighted by Crippen LogP contribution is 2.18. The first-order valence-electron chi connectivity index (χ1n) is 5.00. The van der Waals surface area contributed by atoms with Gasteiger partial charge in [0.15, 0.2) is 0 Å². The summed E-state index contributed by atoms with van der Waals surface area (Å²) in [6, 6.07) is 0. The first-order valence-corrected chi connectivity index (χ1v) is 6.61. The van der Waals surface area contributed by atoms with E-state index in [1.54, 1.807) is 4.31 Å². The molecular formula is C9H20N2O2S. The fourth-order valence-electron chi connectivity index (χ4n) is 1.56. The molecule has 0 amide bonds. The maximum atomic E-state index is 11.9. The Labute approximate surface area is 86.7 Å². The Balaban J connectivity index is 2.64. The van der Waals surface area contributed by atoms with Gasteiger partial charge in [0, 0.05) is 26.2 Å². The van der Waals surface area contributed by atoms with Crippen molar-refractivity contribution >= 4 is 10.0 Å². The molecule has 0 atom stereocenters. The summed E-state index contributed by atoms with van der Waals surface area (Å²) >= 11 is 0. The lowest BCUT2D eigenvalue weighted by atomic mass is 10.0. The van der Waals surface area contributed by atoms with Crippen LogP contribution in [0.4, 0.5) is 0 Å². The van der Waals surface area contributed by atoms with Crippen molar-refractivity contribution in [1.29, 1.82) is 0 Å². The van der Waals surface area contributed by atoms with Crippen molar-refractivity contribution in [3.63, 3.8) is 0 Å². The summed E-state index contributed by atoms with van der Waals surface area (Å²) in [5.74, 6) is 0.236. The quantitative estimate of drug-likeness (QED) is 0.726. The molecule has 0 unspecified atom stereocenters. The lowest BCUT2D eigenvalue weighted by Crippen LogP contribution is -2.48. The van der Waals surface area contributed by atoms with E-state index < -0.39 is 10.0 Å². The van der Waals surface area contributed by atoms with Crippen molar-refractivity contribution in [3.05, 3.63) is 0 Å². The van der Waals surface area contributed by atoms with Gasteiger partial charge in [0.05, 0.1) is 5.75 Å². The van der Waals surface area contributed by atoms with E-state index in [2.05, 4.69) is 5.32 Å². The van der Waals surface area contributed by atoms with Crippen LogP contribution in [0.15, 0.2) is 0 Å². The summed E-state index contributed by atoms with van der Waals surface area (Å²) in [6.45, 7) is 8.61. The lowest BCUT2D eigenvalue weighted by molar-refractivity contribution is 0.349. The molecule has 0 aromatic rings. The van der Waals surface area contributed by atoms with E-state index in [1.165, 1.54) is 0 Å². The second-order valence-corrected chi connectivity index (χ2v) is 6.93. The van der Waals surface area contributed by atoms with E-state index in [9.17, 15) is 8.42 Å². The number of nitrogens with zero attached hydrogens (tertiary/aromatic N) is 1. The van der Waals surface area contributed by atoms with E-state index in [0.717, 1.165) is 13.1 Å². The molecule has 0 spiro atoms. The van der Waals surface area contributed by atoms with Gasteiger partial charge in [-0.05, 0) is 5.41 Å². The predicted octanol–water partition coefficient (Wildman–Crippen LogP) is 0.268. The molecule has 84 valence electrons. The predicted molar refractivity (Wildman–Crippen MR) is 57.7 cm³/mol. The molecule has 0 saturated carbocycles. The molecule has 0 aromatic carbocycles. The fraction of sp³-hybridized carbons (Fsp3) is 1.00. The zero-order valence-electron chi connectivity index (χ0n) is 9.21. The summed E-state index contributed by atoms with van der Waals surface area (Å²) < 4.78 is 25.4. The molecule has 0 aliphatic carbocycles. The third-order valence-electron chi connectivity index (χ3n) is 2.08. The average Bonchev–Trinajstić information content (AvgIpc) is 2.01. The third kappa shape index (κ3) is 3.55. The normalized spacial score (nSPS) is 21.1. The van der Waals surface area contributed by atoms with Crippen molar-refractivity contribution in [2.45, 2.75) is 20.8 Å². The van der Waals surface area contributed by atoms with Gasteiger partial charge in [-0.25, -0.2) is 8.42 Å². The summed E-state index contributed by atoms with van der Waals surface area (Å²) in [7, 11) is -3.05. The van der Waals surface area contributed by atoms with Crippen LogP contribution in [0.1, 0.15) is 20.8 Å². The molecule has 0 radical (unpaired) electrons. The van der Waals surface area contributed by atoms with Crippen LogP contribution in [0.3, 0.4) is 0 Å². The average molecular weight is 220 g/mol. The Bertz CT molecular complexity index is 274. The number of hydrogen-bond donors (Lipinski definition) is 1. The first kappa shape index (κ1) is 11.9. The Kier molecular flexibility index (Phi) is 3.55. The van der Waals surface area contributed by atoms with Crippen molar-refractivity contribution < 1.29 is 8.42 Å². The fourth-order valence-corrected chi connectivity index (χ4v) is 3.58. The minimum atomic E-state index is -3.05. The number of hydrogen-bond acceptors (Lipinski definition) is 3. The highest BCUT2D eigenvalue weighted by molar-refractivity contribution is 7.89. The smallest absolute Gasteiger partial charge is 0.214 e. The van der Waals surface area contributed by atoms with E-state index >= 15 is 0 Å². The van der Waals surface area contributed by atoms with Crippen LogP contribution < -0.4 is 5.32 Å². The second kappa shape index (κ2) is 4.16. The maximum Gasteiger partial charge on any atom is 0.214 e. The van der Waals surface area contributed by atoms with Gasteiger partial charge in [-0.15, -0.1) is 0 Å². The van der Waals surface area contributed by atoms with Crippen molar-refractivity contribution in [3.8, 4) is 0 Å². The monoisotopic (exact) mass is 220 g/mol. The zero-order chi connectivity index (χ0) is 10.8. The van der Waals surface area contributed by atoms with Gasteiger partial charge in [0.1, 0.15) is 0 Å². The van der Waals surface area contributed by atoms with Crippen LogP contribution >= 0.6 is 0 Å². The van der Waals surface area contributed by atoms with Crippen molar-refractivity contribution in [1.82, 2.24) is 9.62 Å². The SMILES string of the molecule is CC(C)(C)CS(=O)(=O)N1CCNCC1. The van der Waals surface area contributed by atoms with Gasteiger partial charge in [-0.1, -0.05) is 20.8 Å². The van der Waals surface area contributed by atoms with Crippen molar-refractivity contribution in [2.75, 3.05) is 31.9 Å². The molecule has 1 saturated heterocycles. The number of rotatable bonds is 2. The molecule has 1 aliphatic heterocycles. The summed E-state index contributed by atoms with van der Waals surface area (Å²) in [5, 5.41) is 3.14. The summed E-state index contributed by atoms with van der Waals surface area (Å²) in [5.41, 5.74) is -0.163. The zero-order valence-corrected chi connectivity index (χ0v) is 10.0. The first-order chi connectivity index (χ1) is 6.31. The topological polar surface area (TPSA) is 49.4 Å². The highest BCUT2D eigenvalue weighted by atomic mass is 32.2. The van der Waals surface area contributed by atoms with Gasteiger partial charge in [-0.2, -0.15) is 4.31 Å². The van der Waals surface area contributed by atoms with Gasteiger partial charge in [0.2, 0.25) is 10.0 Å². The van der Waals surface area contributed by atoms with Gasteiger partial charge in [0.25, 0.3) is 0 Å². The molecule has 1 fully saturated rings. The molecule has 4 nitrogen and oxygen atoms in total. The Morgan fingerprint density at radius 2 is 1.71 bits per heavy atom. The van der Waals surface area contributed by atoms with E-state index in [4.69, 9.17) is 0 Å². The second-order valence-electron chi connectivity index (χ2n) is 4.97. The molecular weight excluding hydrogens is 200 g/mol. The van der Waals surface area contributed by atoms with Crippen LogP contribution in [0.2, 0.25) is 0 Å². The minimum Gasteiger partial charge on any atom is -0.314 e. The van der Waals surface area contributed by atoms with Crippen LogP contribution in [0, 0.1) is 5.41 Å². The largest absolute Gasteiger partial charge is 0.314 e. The molecule has 14 heavy (non-hydrogen) atoms. The number of sulfonamides is 1. The molecule has 1 aliphatic rings. The molecule has 0 aromatic heterocycles. The highest BCUT2D eigenvalue weighted by Gasteiger charge is 2.28. The Hall–Kier alpha value is -0.130. The number of piperazine rings is 1. The molecule has 5 heteroatoms.